The molecule has 1 aromatic heterocycles. The van der Waals surface area contributed by atoms with E-state index in [4.69, 9.17) is 16.0 Å². The van der Waals surface area contributed by atoms with Gasteiger partial charge in [-0.25, -0.2) is 4.79 Å². The number of amides is 1. The summed E-state index contributed by atoms with van der Waals surface area (Å²) < 4.78 is 5.39. The van der Waals surface area contributed by atoms with Crippen molar-refractivity contribution in [1.82, 2.24) is 0 Å². The molecule has 4 aromatic rings. The molecule has 35 heavy (non-hydrogen) atoms. The number of fused-ring (bicyclic) bond motifs is 1. The topological polar surface area (TPSA) is 106 Å². The normalized spacial score (nSPS) is 13.2. The summed E-state index contributed by atoms with van der Waals surface area (Å²) in [6.45, 7) is 1.51. The van der Waals surface area contributed by atoms with Crippen molar-refractivity contribution in [3.8, 4) is 11.1 Å². The highest BCUT2D eigenvalue weighted by atomic mass is 35.5. The monoisotopic (exact) mass is 489 g/mol. The van der Waals surface area contributed by atoms with Crippen molar-refractivity contribution in [2.45, 2.75) is 12.8 Å². The molecule has 176 valence electrons. The molecule has 0 aliphatic carbocycles. The lowest BCUT2D eigenvalue weighted by atomic mass is 10.1. The number of halogens is 1. The van der Waals surface area contributed by atoms with Crippen molar-refractivity contribution in [3.05, 3.63) is 97.9 Å². The lowest BCUT2D eigenvalue weighted by Crippen LogP contribution is -2.19. The second-order valence-electron chi connectivity index (χ2n) is 8.29. The molecule has 2 heterocycles. The van der Waals surface area contributed by atoms with Gasteiger partial charge >= 0.3 is 5.63 Å². The Hall–Kier alpha value is -4.17. The van der Waals surface area contributed by atoms with Crippen molar-refractivity contribution < 1.29 is 14.1 Å². The van der Waals surface area contributed by atoms with Crippen LogP contribution in [0.3, 0.4) is 0 Å². The number of benzene rings is 3. The molecule has 8 nitrogen and oxygen atoms in total. The van der Waals surface area contributed by atoms with Crippen LogP contribution in [0.1, 0.15) is 23.2 Å². The summed E-state index contributed by atoms with van der Waals surface area (Å²) in [5, 5.41) is 15.4. The molecule has 0 atom stereocenters. The molecule has 9 heteroatoms. The van der Waals surface area contributed by atoms with E-state index in [0.29, 0.717) is 28.1 Å². The van der Waals surface area contributed by atoms with Crippen molar-refractivity contribution in [2.24, 2.45) is 0 Å². The highest BCUT2D eigenvalue weighted by Gasteiger charge is 2.24. The Morgan fingerprint density at radius 1 is 1.00 bits per heavy atom. The lowest BCUT2D eigenvalue weighted by molar-refractivity contribution is -0.384. The molecular formula is C26H20ClN3O5. The van der Waals surface area contributed by atoms with E-state index < -0.39 is 16.5 Å². The van der Waals surface area contributed by atoms with E-state index in [-0.39, 0.29) is 16.3 Å². The molecule has 1 aliphatic heterocycles. The van der Waals surface area contributed by atoms with Gasteiger partial charge in [-0.15, -0.1) is 0 Å². The third kappa shape index (κ3) is 4.48. The van der Waals surface area contributed by atoms with Gasteiger partial charge in [0.1, 0.15) is 11.3 Å². The average molecular weight is 490 g/mol. The molecule has 0 unspecified atom stereocenters. The van der Waals surface area contributed by atoms with E-state index in [9.17, 15) is 19.7 Å². The Balaban J connectivity index is 1.40. The zero-order valence-corrected chi connectivity index (χ0v) is 19.2. The zero-order valence-electron chi connectivity index (χ0n) is 18.5. The van der Waals surface area contributed by atoms with E-state index >= 15 is 0 Å². The number of carbonyl (C=O) groups excluding carboxylic acids is 1. The Bertz CT molecular complexity index is 1530. The number of carbonyl (C=O) groups is 1. The van der Waals surface area contributed by atoms with Gasteiger partial charge in [-0.05, 0) is 49.2 Å². The van der Waals surface area contributed by atoms with Crippen molar-refractivity contribution in [1.29, 1.82) is 0 Å². The largest absolute Gasteiger partial charge is 0.422 e. The van der Waals surface area contributed by atoms with Crippen molar-refractivity contribution >= 4 is 45.5 Å². The van der Waals surface area contributed by atoms with Crippen LogP contribution >= 0.6 is 11.6 Å². The van der Waals surface area contributed by atoms with Gasteiger partial charge in [0, 0.05) is 41.4 Å². The van der Waals surface area contributed by atoms with E-state index in [1.807, 2.05) is 17.0 Å². The van der Waals surface area contributed by atoms with Crippen LogP contribution in [-0.2, 0) is 0 Å². The standard InChI is InChI=1S/C26H20ClN3O5/c27-21-15-18(8-9-19(21)20-13-16-5-1-2-6-24(16)35-26(20)32)28-25(31)17-7-10-22(23(14-17)30(33)34)29-11-3-4-12-29/h1-2,5-10,13-15H,3-4,11-12H2,(H,28,31). The summed E-state index contributed by atoms with van der Waals surface area (Å²) in [6.07, 6.45) is 1.97. The van der Waals surface area contributed by atoms with Gasteiger partial charge in [0.05, 0.1) is 15.5 Å². The maximum Gasteiger partial charge on any atom is 0.344 e. The SMILES string of the molecule is O=C(Nc1ccc(-c2cc3ccccc3oc2=O)c(Cl)c1)c1ccc(N2CCCC2)c([N+](=O)[O-])c1. The molecule has 1 aliphatic rings. The van der Waals surface area contributed by atoms with Gasteiger partial charge in [0.15, 0.2) is 0 Å². The molecule has 1 saturated heterocycles. The van der Waals surface area contributed by atoms with E-state index in [1.165, 1.54) is 12.1 Å². The van der Waals surface area contributed by atoms with Gasteiger partial charge in [-0.1, -0.05) is 35.9 Å². The second kappa shape index (κ2) is 9.23. The van der Waals surface area contributed by atoms with Gasteiger partial charge in [-0.2, -0.15) is 0 Å². The van der Waals surface area contributed by atoms with Gasteiger partial charge in [-0.3, -0.25) is 14.9 Å². The number of nitro groups is 1. The van der Waals surface area contributed by atoms with Crippen molar-refractivity contribution in [3.63, 3.8) is 0 Å². The minimum atomic E-state index is -0.521. The maximum atomic E-state index is 12.8. The third-order valence-corrected chi connectivity index (χ3v) is 6.35. The first-order valence-electron chi connectivity index (χ1n) is 11.1. The third-order valence-electron chi connectivity index (χ3n) is 6.04. The quantitative estimate of drug-likeness (QED) is 0.213. The van der Waals surface area contributed by atoms with Crippen LogP contribution in [0.4, 0.5) is 17.1 Å². The number of nitro benzene ring substituents is 1. The minimum Gasteiger partial charge on any atom is -0.422 e. The van der Waals surface area contributed by atoms with Crippen LogP contribution < -0.4 is 15.8 Å². The molecule has 1 fully saturated rings. The minimum absolute atomic E-state index is 0.101. The van der Waals surface area contributed by atoms with Gasteiger partial charge < -0.3 is 14.6 Å². The highest BCUT2D eigenvalue weighted by molar-refractivity contribution is 6.33. The summed E-state index contributed by atoms with van der Waals surface area (Å²) >= 11 is 6.45. The molecule has 0 saturated carbocycles. The molecule has 0 spiro atoms. The summed E-state index contributed by atoms with van der Waals surface area (Å²) in [5.74, 6) is -0.505. The first-order chi connectivity index (χ1) is 16.9. The fourth-order valence-electron chi connectivity index (χ4n) is 4.30. The Kier molecular flexibility index (Phi) is 5.96. The zero-order chi connectivity index (χ0) is 24.5. The van der Waals surface area contributed by atoms with Crippen LogP contribution in [0.15, 0.2) is 75.9 Å². The van der Waals surface area contributed by atoms with Gasteiger partial charge in [0.2, 0.25) is 0 Å². The van der Waals surface area contributed by atoms with Crippen molar-refractivity contribution in [2.75, 3.05) is 23.3 Å². The van der Waals surface area contributed by atoms with Crippen LogP contribution in [0.2, 0.25) is 5.02 Å². The fourth-order valence-corrected chi connectivity index (χ4v) is 4.58. The average Bonchev–Trinajstić information content (AvgIpc) is 3.38. The molecule has 1 N–H and O–H groups in total. The predicted octanol–water partition coefficient (Wildman–Crippen LogP) is 5.87. The molecule has 3 aromatic carbocycles. The smallest absolute Gasteiger partial charge is 0.344 e. The summed E-state index contributed by atoms with van der Waals surface area (Å²) in [4.78, 5) is 38.4. The lowest BCUT2D eigenvalue weighted by Gasteiger charge is -2.17. The molecule has 0 radical (unpaired) electrons. The number of hydrogen-bond acceptors (Lipinski definition) is 6. The van der Waals surface area contributed by atoms with E-state index in [2.05, 4.69) is 5.32 Å². The first kappa shape index (κ1) is 22.6. The summed E-state index contributed by atoms with van der Waals surface area (Å²) in [5.41, 5.74) is 1.70. The van der Waals surface area contributed by atoms with E-state index in [1.54, 1.807) is 42.5 Å². The van der Waals surface area contributed by atoms with E-state index in [0.717, 1.165) is 31.3 Å². The fraction of sp³-hybridized carbons (Fsp3) is 0.154. The van der Waals surface area contributed by atoms with Gasteiger partial charge in [0.25, 0.3) is 11.6 Å². The second-order valence-corrected chi connectivity index (χ2v) is 8.70. The van der Waals surface area contributed by atoms with Crippen LogP contribution in [0.5, 0.6) is 0 Å². The number of para-hydroxylation sites is 1. The summed E-state index contributed by atoms with van der Waals surface area (Å²) in [7, 11) is 0. The van der Waals surface area contributed by atoms with Crippen LogP contribution in [0, 0.1) is 10.1 Å². The number of nitrogens with one attached hydrogen (secondary N) is 1. The maximum absolute atomic E-state index is 12.8. The Morgan fingerprint density at radius 3 is 2.51 bits per heavy atom. The Morgan fingerprint density at radius 2 is 1.77 bits per heavy atom. The van der Waals surface area contributed by atoms with Crippen LogP contribution in [-0.4, -0.2) is 23.9 Å². The first-order valence-corrected chi connectivity index (χ1v) is 11.5. The number of hydrogen-bond donors (Lipinski definition) is 1. The number of anilines is 2. The highest BCUT2D eigenvalue weighted by Crippen LogP contribution is 2.33. The number of rotatable bonds is 5. The molecule has 5 rings (SSSR count). The molecule has 0 bridgehead atoms. The number of nitrogens with zero attached hydrogens (tertiary/aromatic N) is 2. The molecular weight excluding hydrogens is 470 g/mol. The molecule has 1 amide bonds. The Labute approximate surface area is 204 Å². The van der Waals surface area contributed by atoms with Crippen LogP contribution in [0.25, 0.3) is 22.1 Å². The summed E-state index contributed by atoms with van der Waals surface area (Å²) in [6, 6.07) is 18.1. The predicted molar refractivity (Wildman–Crippen MR) is 135 cm³/mol.